The number of rotatable bonds is 9. The van der Waals surface area contributed by atoms with Crippen molar-refractivity contribution in [2.45, 2.75) is 32.1 Å². The summed E-state index contributed by atoms with van der Waals surface area (Å²) >= 11 is 1.66. The molecule has 2 aromatic rings. The van der Waals surface area contributed by atoms with Crippen molar-refractivity contribution in [3.05, 3.63) is 40.3 Å². The van der Waals surface area contributed by atoms with Gasteiger partial charge >= 0.3 is 0 Å². The summed E-state index contributed by atoms with van der Waals surface area (Å²) in [5.41, 5.74) is 7.11. The Labute approximate surface area is 136 Å². The molecule has 0 amide bonds. The maximum Gasteiger partial charge on any atom is 0.161 e. The Hall–Kier alpha value is -1.59. The lowest BCUT2D eigenvalue weighted by Gasteiger charge is -2.15. The number of hydrogen-bond acceptors (Lipinski definition) is 5. The number of thiazole rings is 1. The molecular formula is C17H24N2O2S. The number of nitrogens with zero attached hydrogens (tertiary/aromatic N) is 1. The van der Waals surface area contributed by atoms with Gasteiger partial charge in [-0.25, -0.2) is 4.98 Å². The van der Waals surface area contributed by atoms with Crippen LogP contribution in [0.5, 0.6) is 11.5 Å². The predicted molar refractivity (Wildman–Crippen MR) is 91.0 cm³/mol. The first-order valence-electron chi connectivity index (χ1n) is 7.67. The molecule has 2 rings (SSSR count). The number of benzene rings is 1. The van der Waals surface area contributed by atoms with Crippen LogP contribution in [-0.2, 0) is 6.42 Å². The summed E-state index contributed by atoms with van der Waals surface area (Å²) in [5.74, 6) is 1.83. The van der Waals surface area contributed by atoms with Gasteiger partial charge in [0.05, 0.1) is 18.7 Å². The van der Waals surface area contributed by atoms with Gasteiger partial charge in [-0.1, -0.05) is 19.4 Å². The van der Waals surface area contributed by atoms with Gasteiger partial charge in [-0.05, 0) is 30.5 Å². The van der Waals surface area contributed by atoms with Crippen molar-refractivity contribution in [2.75, 3.05) is 20.3 Å². The van der Waals surface area contributed by atoms with Gasteiger partial charge in [-0.2, -0.15) is 0 Å². The monoisotopic (exact) mass is 320 g/mol. The third kappa shape index (κ3) is 4.45. The normalized spacial score (nSPS) is 12.1. The Morgan fingerprint density at radius 3 is 2.82 bits per heavy atom. The fraction of sp³-hybridized carbons (Fsp3) is 0.471. The molecule has 0 aliphatic carbocycles. The number of hydrogen-bond donors (Lipinski definition) is 1. The highest BCUT2D eigenvalue weighted by molar-refractivity contribution is 7.09. The van der Waals surface area contributed by atoms with Gasteiger partial charge in [0.1, 0.15) is 0 Å². The molecule has 0 radical (unpaired) electrons. The topological polar surface area (TPSA) is 57.4 Å². The lowest BCUT2D eigenvalue weighted by Crippen LogP contribution is -2.15. The summed E-state index contributed by atoms with van der Waals surface area (Å²) in [5, 5.41) is 3.08. The molecule has 1 unspecified atom stereocenters. The second kappa shape index (κ2) is 8.76. The zero-order valence-corrected chi connectivity index (χ0v) is 14.1. The second-order valence-electron chi connectivity index (χ2n) is 5.19. The van der Waals surface area contributed by atoms with E-state index < -0.39 is 0 Å². The summed E-state index contributed by atoms with van der Waals surface area (Å²) in [6, 6.07) is 6.10. The van der Waals surface area contributed by atoms with Crippen molar-refractivity contribution in [1.29, 1.82) is 0 Å². The summed E-state index contributed by atoms with van der Waals surface area (Å²) in [7, 11) is 1.67. The fourth-order valence-electron chi connectivity index (χ4n) is 2.28. The van der Waals surface area contributed by atoms with Crippen LogP contribution >= 0.6 is 11.3 Å². The molecule has 5 heteroatoms. The Morgan fingerprint density at radius 2 is 2.18 bits per heavy atom. The lowest BCUT2D eigenvalue weighted by molar-refractivity contribution is 0.288. The Balaban J connectivity index is 2.11. The Bertz CT molecular complexity index is 558. The third-order valence-corrected chi connectivity index (χ3v) is 4.49. The third-order valence-electron chi connectivity index (χ3n) is 3.55. The largest absolute Gasteiger partial charge is 0.493 e. The first-order chi connectivity index (χ1) is 10.8. The maximum absolute atomic E-state index is 5.91. The Morgan fingerprint density at radius 1 is 1.32 bits per heavy atom. The standard InChI is InChI=1S/C17H24N2O2S/c1-3-4-8-21-16-11-13(5-6-15(16)20-2)10-14(12-18)17-19-7-9-22-17/h5-7,9,11,14H,3-4,8,10,12,18H2,1-2H3. The van der Waals surface area contributed by atoms with Crippen molar-refractivity contribution in [1.82, 2.24) is 4.98 Å². The average Bonchev–Trinajstić information content (AvgIpc) is 3.07. The van der Waals surface area contributed by atoms with Crippen molar-refractivity contribution >= 4 is 11.3 Å². The van der Waals surface area contributed by atoms with E-state index in [-0.39, 0.29) is 5.92 Å². The van der Waals surface area contributed by atoms with E-state index in [2.05, 4.69) is 24.0 Å². The highest BCUT2D eigenvalue weighted by Gasteiger charge is 2.15. The zero-order chi connectivity index (χ0) is 15.8. The van der Waals surface area contributed by atoms with Gasteiger partial charge in [0.25, 0.3) is 0 Å². The molecule has 1 aromatic carbocycles. The molecule has 0 aliphatic heterocycles. The van der Waals surface area contributed by atoms with E-state index in [1.807, 2.05) is 17.6 Å². The highest BCUT2D eigenvalue weighted by atomic mass is 32.1. The van der Waals surface area contributed by atoms with Crippen LogP contribution in [0.4, 0.5) is 0 Å². The van der Waals surface area contributed by atoms with Gasteiger partial charge in [-0.15, -0.1) is 11.3 Å². The van der Waals surface area contributed by atoms with Gasteiger partial charge < -0.3 is 15.2 Å². The van der Waals surface area contributed by atoms with Crippen LogP contribution in [-0.4, -0.2) is 25.2 Å². The van der Waals surface area contributed by atoms with Crippen molar-refractivity contribution in [3.8, 4) is 11.5 Å². The summed E-state index contributed by atoms with van der Waals surface area (Å²) in [4.78, 5) is 4.38. The molecule has 1 atom stereocenters. The van der Waals surface area contributed by atoms with E-state index >= 15 is 0 Å². The van der Waals surface area contributed by atoms with E-state index in [1.165, 1.54) is 5.56 Å². The second-order valence-corrected chi connectivity index (χ2v) is 6.12. The van der Waals surface area contributed by atoms with Gasteiger partial charge in [0.2, 0.25) is 0 Å². The number of nitrogens with two attached hydrogens (primary N) is 1. The molecule has 1 aromatic heterocycles. The van der Waals surface area contributed by atoms with Crippen molar-refractivity contribution in [2.24, 2.45) is 5.73 Å². The molecule has 0 bridgehead atoms. The number of ether oxygens (including phenoxy) is 2. The van der Waals surface area contributed by atoms with E-state index in [4.69, 9.17) is 15.2 Å². The minimum atomic E-state index is 0.247. The molecule has 120 valence electrons. The smallest absolute Gasteiger partial charge is 0.161 e. The van der Waals surface area contributed by atoms with Crippen LogP contribution in [0.3, 0.4) is 0 Å². The summed E-state index contributed by atoms with van der Waals surface area (Å²) < 4.78 is 11.2. The van der Waals surface area contributed by atoms with Gasteiger partial charge in [-0.3, -0.25) is 0 Å². The average molecular weight is 320 g/mol. The quantitative estimate of drug-likeness (QED) is 0.717. The van der Waals surface area contributed by atoms with E-state index in [0.717, 1.165) is 35.8 Å². The van der Waals surface area contributed by atoms with Gasteiger partial charge in [0, 0.05) is 24.0 Å². The molecule has 2 N–H and O–H groups in total. The van der Waals surface area contributed by atoms with E-state index in [0.29, 0.717) is 13.2 Å². The lowest BCUT2D eigenvalue weighted by atomic mass is 9.99. The molecule has 0 saturated heterocycles. The van der Waals surface area contributed by atoms with Crippen LogP contribution in [0, 0.1) is 0 Å². The Kier molecular flexibility index (Phi) is 6.68. The molecule has 0 saturated carbocycles. The number of methoxy groups -OCH3 is 1. The van der Waals surface area contributed by atoms with Crippen LogP contribution < -0.4 is 15.2 Å². The molecule has 1 heterocycles. The van der Waals surface area contributed by atoms with Gasteiger partial charge in [0.15, 0.2) is 11.5 Å². The van der Waals surface area contributed by atoms with Crippen LogP contribution in [0.25, 0.3) is 0 Å². The van der Waals surface area contributed by atoms with Crippen LogP contribution in [0.15, 0.2) is 29.8 Å². The summed E-state index contributed by atoms with van der Waals surface area (Å²) in [6.45, 7) is 3.45. The van der Waals surface area contributed by atoms with E-state index in [1.54, 1.807) is 18.4 Å². The zero-order valence-electron chi connectivity index (χ0n) is 13.2. The molecule has 0 aliphatic rings. The SMILES string of the molecule is CCCCOc1cc(CC(CN)c2nccs2)ccc1OC. The van der Waals surface area contributed by atoms with Crippen molar-refractivity contribution < 1.29 is 9.47 Å². The molecule has 0 spiro atoms. The number of unbranched alkanes of at least 4 members (excludes halogenated alkanes) is 1. The molecule has 0 fully saturated rings. The van der Waals surface area contributed by atoms with E-state index in [9.17, 15) is 0 Å². The molecule has 4 nitrogen and oxygen atoms in total. The summed E-state index contributed by atoms with van der Waals surface area (Å²) in [6.07, 6.45) is 4.84. The minimum Gasteiger partial charge on any atom is -0.493 e. The highest BCUT2D eigenvalue weighted by Crippen LogP contribution is 2.30. The first kappa shape index (κ1) is 16.8. The molecular weight excluding hydrogens is 296 g/mol. The fourth-order valence-corrected chi connectivity index (χ4v) is 3.03. The first-order valence-corrected chi connectivity index (χ1v) is 8.55. The van der Waals surface area contributed by atoms with Crippen LogP contribution in [0.1, 0.15) is 36.3 Å². The minimum absolute atomic E-state index is 0.247. The van der Waals surface area contributed by atoms with Crippen molar-refractivity contribution in [3.63, 3.8) is 0 Å². The predicted octanol–water partition coefficient (Wildman–Crippen LogP) is 3.62. The molecule has 22 heavy (non-hydrogen) atoms. The number of aromatic nitrogens is 1. The maximum atomic E-state index is 5.91. The van der Waals surface area contributed by atoms with Crippen LogP contribution in [0.2, 0.25) is 0 Å².